The lowest BCUT2D eigenvalue weighted by atomic mass is 9.63. The molecule has 15 heavy (non-hydrogen) atoms. The number of likely N-dealkylation sites (N-methyl/N-ethyl adjacent to an activating group) is 1. The molecule has 0 aromatic carbocycles. The maximum Gasteiger partial charge on any atom is 0.0229 e. The predicted molar refractivity (Wildman–Crippen MR) is 65.0 cm³/mol. The van der Waals surface area contributed by atoms with Crippen molar-refractivity contribution in [3.63, 3.8) is 0 Å². The number of likely N-dealkylation sites (tertiary alicyclic amines) is 1. The largest absolute Gasteiger partial charge is 0.312 e. The molecule has 2 nitrogen and oxygen atoms in total. The smallest absolute Gasteiger partial charge is 0.0229 e. The summed E-state index contributed by atoms with van der Waals surface area (Å²) in [6.45, 7) is 13.3. The molecule has 0 bridgehead atoms. The molecule has 1 N–H and O–H groups in total. The van der Waals surface area contributed by atoms with Crippen molar-refractivity contribution in [2.24, 2.45) is 16.7 Å². The molecule has 2 rings (SSSR count). The molecule has 2 aliphatic rings. The van der Waals surface area contributed by atoms with Crippen LogP contribution in [0.15, 0.2) is 0 Å². The Morgan fingerprint density at radius 3 is 2.53 bits per heavy atom. The first-order chi connectivity index (χ1) is 6.80. The van der Waals surface area contributed by atoms with Crippen molar-refractivity contribution >= 4 is 0 Å². The second-order valence-electron chi connectivity index (χ2n) is 7.15. The van der Waals surface area contributed by atoms with Crippen LogP contribution in [0, 0.1) is 16.7 Å². The lowest BCUT2D eigenvalue weighted by molar-refractivity contribution is -0.0143. The van der Waals surface area contributed by atoms with Crippen LogP contribution in [-0.4, -0.2) is 37.6 Å². The van der Waals surface area contributed by atoms with Crippen molar-refractivity contribution in [3.8, 4) is 0 Å². The molecule has 0 aliphatic carbocycles. The van der Waals surface area contributed by atoms with Gasteiger partial charge in [0.25, 0.3) is 0 Å². The second-order valence-corrected chi connectivity index (χ2v) is 7.15. The molecule has 0 radical (unpaired) electrons. The van der Waals surface area contributed by atoms with E-state index in [1.54, 1.807) is 0 Å². The van der Waals surface area contributed by atoms with Crippen LogP contribution in [0.4, 0.5) is 0 Å². The van der Waals surface area contributed by atoms with E-state index >= 15 is 0 Å². The van der Waals surface area contributed by atoms with Gasteiger partial charge in [-0.2, -0.15) is 0 Å². The van der Waals surface area contributed by atoms with Gasteiger partial charge in [-0.05, 0) is 30.2 Å². The number of nitrogens with zero attached hydrogens (tertiary/aromatic N) is 1. The first-order valence-electron chi connectivity index (χ1n) is 6.22. The average molecular weight is 210 g/mol. The van der Waals surface area contributed by atoms with Crippen LogP contribution in [0.25, 0.3) is 0 Å². The minimum absolute atomic E-state index is 0.461. The maximum atomic E-state index is 3.76. The molecule has 2 aliphatic heterocycles. The van der Waals surface area contributed by atoms with Gasteiger partial charge in [0, 0.05) is 25.7 Å². The zero-order valence-electron chi connectivity index (χ0n) is 10.9. The zero-order valence-corrected chi connectivity index (χ0v) is 10.9. The molecule has 0 saturated carbocycles. The lowest BCUT2D eigenvalue weighted by Gasteiger charge is -2.54. The number of nitrogens with one attached hydrogen (secondary N) is 1. The third-order valence-corrected chi connectivity index (χ3v) is 4.29. The summed E-state index contributed by atoms with van der Waals surface area (Å²) in [4.78, 5) is 2.48. The van der Waals surface area contributed by atoms with Crippen molar-refractivity contribution in [1.29, 1.82) is 0 Å². The van der Waals surface area contributed by atoms with Crippen molar-refractivity contribution in [2.45, 2.75) is 40.2 Å². The Labute approximate surface area is 94.4 Å². The summed E-state index contributed by atoms with van der Waals surface area (Å²) < 4.78 is 0. The van der Waals surface area contributed by atoms with Crippen LogP contribution in [-0.2, 0) is 0 Å². The van der Waals surface area contributed by atoms with Gasteiger partial charge in [-0.25, -0.2) is 0 Å². The molecule has 0 amide bonds. The SMILES string of the molecule is CN1CC2NCC(C)(C)CC2C(C)(C)C1. The van der Waals surface area contributed by atoms with Crippen molar-refractivity contribution in [1.82, 2.24) is 10.2 Å². The van der Waals surface area contributed by atoms with E-state index in [0.717, 1.165) is 5.92 Å². The molecular weight excluding hydrogens is 184 g/mol. The van der Waals surface area contributed by atoms with Gasteiger partial charge in [0.15, 0.2) is 0 Å². The van der Waals surface area contributed by atoms with Crippen molar-refractivity contribution in [2.75, 3.05) is 26.7 Å². The number of hydrogen-bond acceptors (Lipinski definition) is 2. The fourth-order valence-electron chi connectivity index (χ4n) is 3.59. The van der Waals surface area contributed by atoms with Gasteiger partial charge in [-0.3, -0.25) is 0 Å². The van der Waals surface area contributed by atoms with Crippen LogP contribution in [0.2, 0.25) is 0 Å². The summed E-state index contributed by atoms with van der Waals surface area (Å²) >= 11 is 0. The van der Waals surface area contributed by atoms with Crippen molar-refractivity contribution < 1.29 is 0 Å². The van der Waals surface area contributed by atoms with Crippen LogP contribution in [0.1, 0.15) is 34.1 Å². The third kappa shape index (κ3) is 2.21. The van der Waals surface area contributed by atoms with Gasteiger partial charge in [0.05, 0.1) is 0 Å². The Morgan fingerprint density at radius 1 is 1.20 bits per heavy atom. The topological polar surface area (TPSA) is 15.3 Å². The van der Waals surface area contributed by atoms with Gasteiger partial charge < -0.3 is 10.2 Å². The standard InChI is InChI=1S/C13H26N2/c1-12(2)6-10-11(14-8-12)7-15(5)9-13(10,3)4/h10-11,14H,6-9H2,1-5H3. The van der Waals surface area contributed by atoms with Crippen LogP contribution in [0.5, 0.6) is 0 Å². The minimum Gasteiger partial charge on any atom is -0.312 e. The maximum absolute atomic E-state index is 3.76. The molecule has 2 atom stereocenters. The fourth-order valence-corrected chi connectivity index (χ4v) is 3.59. The van der Waals surface area contributed by atoms with E-state index in [4.69, 9.17) is 0 Å². The summed E-state index contributed by atoms with van der Waals surface area (Å²) in [6, 6.07) is 0.715. The summed E-state index contributed by atoms with van der Waals surface area (Å²) in [7, 11) is 2.25. The van der Waals surface area contributed by atoms with E-state index in [0.29, 0.717) is 16.9 Å². The monoisotopic (exact) mass is 210 g/mol. The summed E-state index contributed by atoms with van der Waals surface area (Å²) in [6.07, 6.45) is 1.38. The fraction of sp³-hybridized carbons (Fsp3) is 1.00. The highest BCUT2D eigenvalue weighted by Crippen LogP contribution is 2.44. The molecule has 2 fully saturated rings. The van der Waals surface area contributed by atoms with E-state index in [2.05, 4.69) is 45.0 Å². The van der Waals surface area contributed by atoms with E-state index in [9.17, 15) is 0 Å². The Balaban J connectivity index is 2.16. The molecule has 0 aromatic heterocycles. The van der Waals surface area contributed by atoms with E-state index < -0.39 is 0 Å². The Hall–Kier alpha value is -0.0800. The molecular formula is C13H26N2. The van der Waals surface area contributed by atoms with E-state index in [-0.39, 0.29) is 0 Å². The van der Waals surface area contributed by atoms with Gasteiger partial charge in [-0.15, -0.1) is 0 Å². The molecule has 2 heterocycles. The van der Waals surface area contributed by atoms with E-state index in [1.807, 2.05) is 0 Å². The highest BCUT2D eigenvalue weighted by atomic mass is 15.2. The first kappa shape index (κ1) is 11.4. The highest BCUT2D eigenvalue weighted by Gasteiger charge is 2.46. The van der Waals surface area contributed by atoms with Crippen LogP contribution >= 0.6 is 0 Å². The Morgan fingerprint density at radius 2 is 1.87 bits per heavy atom. The molecule has 2 heteroatoms. The number of fused-ring (bicyclic) bond motifs is 1. The number of hydrogen-bond donors (Lipinski definition) is 1. The van der Waals surface area contributed by atoms with Gasteiger partial charge >= 0.3 is 0 Å². The number of rotatable bonds is 0. The summed E-state index contributed by atoms with van der Waals surface area (Å²) in [5.74, 6) is 0.845. The first-order valence-corrected chi connectivity index (χ1v) is 6.22. The average Bonchev–Trinajstić information content (AvgIpc) is 2.05. The molecule has 88 valence electrons. The van der Waals surface area contributed by atoms with Gasteiger partial charge in [0.2, 0.25) is 0 Å². The number of piperidine rings is 2. The lowest BCUT2D eigenvalue weighted by Crippen LogP contribution is -2.62. The normalized spacial score (nSPS) is 39.8. The van der Waals surface area contributed by atoms with Crippen molar-refractivity contribution in [3.05, 3.63) is 0 Å². The summed E-state index contributed by atoms with van der Waals surface area (Å²) in [5.41, 5.74) is 0.941. The zero-order chi connectivity index (χ0) is 11.3. The van der Waals surface area contributed by atoms with E-state index in [1.165, 1.54) is 26.1 Å². The predicted octanol–water partition coefficient (Wildman–Crippen LogP) is 1.96. The second kappa shape index (κ2) is 3.46. The Bertz CT molecular complexity index is 245. The van der Waals surface area contributed by atoms with Crippen LogP contribution < -0.4 is 5.32 Å². The van der Waals surface area contributed by atoms with Gasteiger partial charge in [-0.1, -0.05) is 27.7 Å². The molecule has 2 saturated heterocycles. The quantitative estimate of drug-likeness (QED) is 0.657. The molecule has 2 unspecified atom stereocenters. The minimum atomic E-state index is 0.461. The highest BCUT2D eigenvalue weighted by molar-refractivity contribution is 5.00. The molecule has 0 aromatic rings. The Kier molecular flexibility index (Phi) is 2.63. The molecule has 0 spiro atoms. The third-order valence-electron chi connectivity index (χ3n) is 4.29. The van der Waals surface area contributed by atoms with Crippen LogP contribution in [0.3, 0.4) is 0 Å². The summed E-state index contributed by atoms with van der Waals surface area (Å²) in [5, 5.41) is 3.76. The van der Waals surface area contributed by atoms with Gasteiger partial charge in [0.1, 0.15) is 0 Å².